The molecule has 1 unspecified atom stereocenters. The number of ether oxygens (including phenoxy) is 1. The van der Waals surface area contributed by atoms with Gasteiger partial charge in [-0.05, 0) is 37.8 Å². The summed E-state index contributed by atoms with van der Waals surface area (Å²) in [5.74, 6) is 0.231. The monoisotopic (exact) mass is 443 g/mol. The number of fused-ring (bicyclic) bond motifs is 1. The molecule has 2 N–H and O–H groups in total. The quantitative estimate of drug-likeness (QED) is 0.636. The summed E-state index contributed by atoms with van der Waals surface area (Å²) in [7, 11) is 1.76. The Morgan fingerprint density at radius 2 is 1.91 bits per heavy atom. The topological polar surface area (TPSA) is 106 Å². The maximum atomic E-state index is 12.8. The summed E-state index contributed by atoms with van der Waals surface area (Å²) in [5.41, 5.74) is 1.47. The lowest BCUT2D eigenvalue weighted by molar-refractivity contribution is -0.143. The van der Waals surface area contributed by atoms with Crippen LogP contribution in [0, 0.1) is 5.92 Å². The Labute approximate surface area is 188 Å². The van der Waals surface area contributed by atoms with Crippen molar-refractivity contribution in [1.82, 2.24) is 20.2 Å². The van der Waals surface area contributed by atoms with E-state index in [0.29, 0.717) is 38.4 Å². The number of benzene rings is 1. The Bertz CT molecular complexity index is 1010. The molecule has 3 rings (SSSR count). The zero-order valence-electron chi connectivity index (χ0n) is 19.3. The number of rotatable bonds is 7. The molecule has 32 heavy (non-hydrogen) atoms. The molecule has 2 aromatic rings. The highest BCUT2D eigenvalue weighted by Crippen LogP contribution is 2.18. The average molecular weight is 444 g/mol. The first-order chi connectivity index (χ1) is 15.3. The van der Waals surface area contributed by atoms with Crippen LogP contribution in [0.3, 0.4) is 0 Å². The van der Waals surface area contributed by atoms with Crippen LogP contribution in [0.25, 0.3) is 11.0 Å². The normalized spacial score (nSPS) is 15.6. The number of urea groups is 1. The van der Waals surface area contributed by atoms with Crippen molar-refractivity contribution in [3.05, 3.63) is 34.6 Å². The minimum atomic E-state index is -0.315. The predicted octanol–water partition coefficient (Wildman–Crippen LogP) is 2.18. The molecule has 1 saturated heterocycles. The van der Waals surface area contributed by atoms with Gasteiger partial charge >= 0.3 is 12.0 Å². The molecule has 0 bridgehead atoms. The Kier molecular flexibility index (Phi) is 7.71. The van der Waals surface area contributed by atoms with E-state index in [0.717, 1.165) is 11.0 Å². The van der Waals surface area contributed by atoms with Crippen LogP contribution in [-0.2, 0) is 16.6 Å². The van der Waals surface area contributed by atoms with E-state index in [1.54, 1.807) is 18.5 Å². The van der Waals surface area contributed by atoms with Crippen molar-refractivity contribution in [2.75, 3.05) is 24.6 Å². The van der Waals surface area contributed by atoms with Crippen molar-refractivity contribution in [1.29, 1.82) is 0 Å². The van der Waals surface area contributed by atoms with E-state index in [-0.39, 0.29) is 42.0 Å². The third-order valence-corrected chi connectivity index (χ3v) is 5.91. The van der Waals surface area contributed by atoms with E-state index in [1.807, 2.05) is 43.0 Å². The third-order valence-electron chi connectivity index (χ3n) is 5.91. The van der Waals surface area contributed by atoms with Gasteiger partial charge in [0.1, 0.15) is 0 Å². The van der Waals surface area contributed by atoms with E-state index in [4.69, 9.17) is 4.74 Å². The fourth-order valence-corrected chi connectivity index (χ4v) is 3.95. The second kappa shape index (κ2) is 10.5. The standard InChI is InChI=1S/C23H33N5O4/c1-5-32-20(29)14-18(15(2)3)26-23(31)24-16-10-12-28(13-11-16)21-22(30)27(4)19-9-7-6-8-17(19)25-21/h6-9,15-16,18H,5,10-14H2,1-4H3,(H2,24,26,31). The smallest absolute Gasteiger partial charge is 0.315 e. The summed E-state index contributed by atoms with van der Waals surface area (Å²) >= 11 is 0. The Balaban J connectivity index is 1.57. The number of esters is 1. The van der Waals surface area contributed by atoms with Crippen LogP contribution in [0.2, 0.25) is 0 Å². The van der Waals surface area contributed by atoms with Crippen LogP contribution in [0.15, 0.2) is 29.1 Å². The number of para-hydroxylation sites is 2. The van der Waals surface area contributed by atoms with Gasteiger partial charge in [-0.25, -0.2) is 9.78 Å². The summed E-state index contributed by atoms with van der Waals surface area (Å²) in [4.78, 5) is 43.7. The largest absolute Gasteiger partial charge is 0.466 e. The van der Waals surface area contributed by atoms with Crippen molar-refractivity contribution in [3.63, 3.8) is 0 Å². The van der Waals surface area contributed by atoms with Crippen molar-refractivity contribution < 1.29 is 14.3 Å². The fourth-order valence-electron chi connectivity index (χ4n) is 3.95. The minimum absolute atomic E-state index is 0.00837. The first kappa shape index (κ1) is 23.6. The molecule has 1 fully saturated rings. The molecule has 174 valence electrons. The lowest BCUT2D eigenvalue weighted by Crippen LogP contribution is -2.52. The molecule has 0 spiro atoms. The molecule has 9 heteroatoms. The highest BCUT2D eigenvalue weighted by molar-refractivity contribution is 5.77. The van der Waals surface area contributed by atoms with Crippen LogP contribution >= 0.6 is 0 Å². The molecule has 0 saturated carbocycles. The van der Waals surface area contributed by atoms with Crippen LogP contribution in [0.1, 0.15) is 40.0 Å². The van der Waals surface area contributed by atoms with E-state index < -0.39 is 0 Å². The van der Waals surface area contributed by atoms with Gasteiger partial charge in [0.25, 0.3) is 5.56 Å². The highest BCUT2D eigenvalue weighted by atomic mass is 16.5. The lowest BCUT2D eigenvalue weighted by Gasteiger charge is -2.33. The molecule has 9 nitrogen and oxygen atoms in total. The van der Waals surface area contributed by atoms with Crippen LogP contribution in [0.4, 0.5) is 10.6 Å². The first-order valence-electron chi connectivity index (χ1n) is 11.2. The van der Waals surface area contributed by atoms with Crippen LogP contribution in [-0.4, -0.2) is 53.3 Å². The maximum Gasteiger partial charge on any atom is 0.315 e. The molecule has 0 radical (unpaired) electrons. The van der Waals surface area contributed by atoms with E-state index in [2.05, 4.69) is 15.6 Å². The number of aryl methyl sites for hydroxylation is 1. The lowest BCUT2D eigenvalue weighted by atomic mass is 10.0. The van der Waals surface area contributed by atoms with Gasteiger partial charge in [0.2, 0.25) is 0 Å². The summed E-state index contributed by atoms with van der Waals surface area (Å²) in [6, 6.07) is 7.00. The van der Waals surface area contributed by atoms with E-state index in [9.17, 15) is 14.4 Å². The molecular weight excluding hydrogens is 410 g/mol. The van der Waals surface area contributed by atoms with Gasteiger partial charge < -0.3 is 24.8 Å². The predicted molar refractivity (Wildman–Crippen MR) is 124 cm³/mol. The van der Waals surface area contributed by atoms with Gasteiger partial charge in [0.05, 0.1) is 24.1 Å². The Hall–Kier alpha value is -3.10. The molecule has 1 aliphatic rings. The van der Waals surface area contributed by atoms with Crippen LogP contribution in [0.5, 0.6) is 0 Å². The number of anilines is 1. The molecule has 1 aliphatic heterocycles. The van der Waals surface area contributed by atoms with Gasteiger partial charge in [-0.15, -0.1) is 0 Å². The number of hydrogen-bond donors (Lipinski definition) is 2. The van der Waals surface area contributed by atoms with Gasteiger partial charge in [-0.2, -0.15) is 0 Å². The molecule has 2 amide bonds. The number of aromatic nitrogens is 2. The third kappa shape index (κ3) is 5.57. The van der Waals surface area contributed by atoms with E-state index in [1.165, 1.54) is 0 Å². The maximum absolute atomic E-state index is 12.8. The van der Waals surface area contributed by atoms with Gasteiger partial charge in [-0.1, -0.05) is 26.0 Å². The van der Waals surface area contributed by atoms with Crippen molar-refractivity contribution in [2.45, 2.75) is 52.1 Å². The summed E-state index contributed by atoms with van der Waals surface area (Å²) in [6.07, 6.45) is 1.55. The molecule has 2 heterocycles. The number of carbonyl (C=O) groups is 2. The number of nitrogens with one attached hydrogen (secondary N) is 2. The first-order valence-corrected chi connectivity index (χ1v) is 11.2. The summed E-state index contributed by atoms with van der Waals surface area (Å²) < 4.78 is 6.63. The van der Waals surface area contributed by atoms with Crippen molar-refractivity contribution >= 4 is 28.9 Å². The molecule has 1 aromatic carbocycles. The van der Waals surface area contributed by atoms with Crippen LogP contribution < -0.4 is 21.1 Å². The number of carbonyl (C=O) groups excluding carboxylic acids is 2. The highest BCUT2D eigenvalue weighted by Gasteiger charge is 2.26. The Morgan fingerprint density at radius 1 is 1.22 bits per heavy atom. The molecular formula is C23H33N5O4. The summed E-state index contributed by atoms with van der Waals surface area (Å²) in [5, 5.41) is 5.91. The second-order valence-electron chi connectivity index (χ2n) is 8.53. The summed E-state index contributed by atoms with van der Waals surface area (Å²) in [6.45, 7) is 7.25. The fraction of sp³-hybridized carbons (Fsp3) is 0.565. The zero-order chi connectivity index (χ0) is 23.3. The number of amides is 2. The van der Waals surface area contributed by atoms with Gasteiger partial charge in [0, 0.05) is 32.2 Å². The molecule has 0 aliphatic carbocycles. The SMILES string of the molecule is CCOC(=O)CC(NC(=O)NC1CCN(c2nc3ccccc3n(C)c2=O)CC1)C(C)C. The molecule has 1 aromatic heterocycles. The number of hydrogen-bond acceptors (Lipinski definition) is 6. The van der Waals surface area contributed by atoms with Crippen molar-refractivity contribution in [3.8, 4) is 0 Å². The van der Waals surface area contributed by atoms with Gasteiger partial charge in [0.15, 0.2) is 5.82 Å². The number of piperidine rings is 1. The van der Waals surface area contributed by atoms with E-state index >= 15 is 0 Å². The molecule has 1 atom stereocenters. The number of nitrogens with zero attached hydrogens (tertiary/aromatic N) is 3. The second-order valence-corrected chi connectivity index (χ2v) is 8.53. The zero-order valence-corrected chi connectivity index (χ0v) is 19.3. The van der Waals surface area contributed by atoms with Gasteiger partial charge in [-0.3, -0.25) is 9.59 Å². The average Bonchev–Trinajstić information content (AvgIpc) is 2.76. The Morgan fingerprint density at radius 3 is 2.56 bits per heavy atom. The minimum Gasteiger partial charge on any atom is -0.466 e. The van der Waals surface area contributed by atoms with Crippen molar-refractivity contribution in [2.24, 2.45) is 13.0 Å².